The minimum atomic E-state index is -0.0769. The Hall–Kier alpha value is -2.43. The summed E-state index contributed by atoms with van der Waals surface area (Å²) in [6, 6.07) is 8.82. The van der Waals surface area contributed by atoms with Gasteiger partial charge in [-0.05, 0) is 37.6 Å². The molecule has 0 unspecified atom stereocenters. The molecule has 1 aliphatic carbocycles. The van der Waals surface area contributed by atoms with Gasteiger partial charge >= 0.3 is 0 Å². The van der Waals surface area contributed by atoms with Crippen molar-refractivity contribution in [2.75, 3.05) is 0 Å². The largest absolute Gasteiger partial charge is 0.512 e. The second-order valence-electron chi connectivity index (χ2n) is 6.37. The van der Waals surface area contributed by atoms with Crippen LogP contribution in [0.15, 0.2) is 53.9 Å². The number of fused-ring (bicyclic) bond motifs is 1. The maximum Gasteiger partial charge on any atom is 0.149 e. The molecule has 26 heavy (non-hydrogen) atoms. The van der Waals surface area contributed by atoms with Crippen molar-refractivity contribution in [3.63, 3.8) is 0 Å². The van der Waals surface area contributed by atoms with E-state index in [-0.39, 0.29) is 10.8 Å². The molecule has 0 saturated heterocycles. The van der Waals surface area contributed by atoms with Crippen LogP contribution in [0.1, 0.15) is 25.5 Å². The van der Waals surface area contributed by atoms with E-state index in [0.29, 0.717) is 39.9 Å². The molecule has 0 radical (unpaired) electrons. The Kier molecular flexibility index (Phi) is 4.17. The van der Waals surface area contributed by atoms with E-state index in [0.717, 1.165) is 11.9 Å². The van der Waals surface area contributed by atoms with E-state index in [2.05, 4.69) is 0 Å². The number of hydrogen-bond donors (Lipinski definition) is 2. The van der Waals surface area contributed by atoms with E-state index in [4.69, 9.17) is 28.2 Å². The van der Waals surface area contributed by atoms with E-state index >= 15 is 0 Å². The summed E-state index contributed by atoms with van der Waals surface area (Å²) < 4.78 is 1.86. The van der Waals surface area contributed by atoms with Crippen molar-refractivity contribution < 1.29 is 10.2 Å². The number of aromatic nitrogens is 2. The zero-order chi connectivity index (χ0) is 18.4. The first-order valence-corrected chi connectivity index (χ1v) is 8.96. The van der Waals surface area contributed by atoms with E-state index in [1.807, 2.05) is 41.8 Å². The summed E-state index contributed by atoms with van der Waals surface area (Å²) in [6.45, 7) is 2.04. The number of allylic oxidation sites excluding steroid dienone is 4. The number of aliphatic hydroxyl groups excluding tert-OH is 1. The topological polar surface area (TPSA) is 57.8 Å². The summed E-state index contributed by atoms with van der Waals surface area (Å²) in [5, 5.41) is 21.4. The molecule has 4 rings (SSSR count). The Morgan fingerprint density at radius 2 is 1.92 bits per heavy atom. The summed E-state index contributed by atoms with van der Waals surface area (Å²) in [5.41, 5.74) is 3.81. The number of benzene rings is 1. The first-order chi connectivity index (χ1) is 12.5. The van der Waals surface area contributed by atoms with Crippen LogP contribution in [0.5, 0.6) is 5.75 Å². The minimum absolute atomic E-state index is 0.0769. The van der Waals surface area contributed by atoms with E-state index < -0.39 is 0 Å². The standard InChI is InChI=1S/C20H16Cl2N2O2/c1-11-5-6-17(25)13(8-11)18-16-4-2-3-7-24(16)20(23-18)14-9-12(21)10-15(22)19(14)26/h2-4,7-10,25-26H,5-6H2,1H3. The van der Waals surface area contributed by atoms with Gasteiger partial charge in [-0.3, -0.25) is 4.40 Å². The molecule has 0 amide bonds. The number of hydrogen-bond acceptors (Lipinski definition) is 3. The fourth-order valence-corrected chi connectivity index (χ4v) is 3.71. The third-order valence-corrected chi connectivity index (χ3v) is 5.04. The number of aromatic hydroxyl groups is 1. The van der Waals surface area contributed by atoms with Crippen molar-refractivity contribution in [2.45, 2.75) is 19.8 Å². The summed E-state index contributed by atoms with van der Waals surface area (Å²) in [4.78, 5) is 4.73. The number of aliphatic hydroxyl groups is 1. The van der Waals surface area contributed by atoms with Crippen molar-refractivity contribution in [3.8, 4) is 17.1 Å². The van der Waals surface area contributed by atoms with Crippen molar-refractivity contribution in [1.29, 1.82) is 0 Å². The van der Waals surface area contributed by atoms with Gasteiger partial charge in [-0.2, -0.15) is 0 Å². The van der Waals surface area contributed by atoms with Crippen molar-refractivity contribution >= 4 is 34.3 Å². The highest BCUT2D eigenvalue weighted by atomic mass is 35.5. The van der Waals surface area contributed by atoms with Gasteiger partial charge in [0.25, 0.3) is 0 Å². The highest BCUT2D eigenvalue weighted by molar-refractivity contribution is 6.36. The molecule has 0 fully saturated rings. The molecule has 4 nitrogen and oxygen atoms in total. The van der Waals surface area contributed by atoms with Crippen LogP contribution in [-0.4, -0.2) is 19.6 Å². The first-order valence-electron chi connectivity index (χ1n) is 8.21. The summed E-state index contributed by atoms with van der Waals surface area (Å²) in [6.07, 6.45) is 5.24. The fourth-order valence-electron chi connectivity index (χ4n) is 3.22. The van der Waals surface area contributed by atoms with Crippen LogP contribution in [0.2, 0.25) is 10.0 Å². The lowest BCUT2D eigenvalue weighted by Gasteiger charge is -2.13. The summed E-state index contributed by atoms with van der Waals surface area (Å²) in [7, 11) is 0. The second-order valence-corrected chi connectivity index (χ2v) is 7.22. The van der Waals surface area contributed by atoms with Crippen LogP contribution >= 0.6 is 23.2 Å². The first kappa shape index (κ1) is 17.0. The minimum Gasteiger partial charge on any atom is -0.512 e. The summed E-state index contributed by atoms with van der Waals surface area (Å²) in [5.74, 6) is 0.751. The predicted octanol–water partition coefficient (Wildman–Crippen LogP) is 6.02. The lowest BCUT2D eigenvalue weighted by atomic mass is 9.96. The molecule has 0 spiro atoms. The number of nitrogens with zero attached hydrogens (tertiary/aromatic N) is 2. The zero-order valence-corrected chi connectivity index (χ0v) is 15.5. The number of rotatable bonds is 2. The molecule has 2 N–H and O–H groups in total. The van der Waals surface area contributed by atoms with Gasteiger partial charge in [0.1, 0.15) is 23.0 Å². The molecule has 3 aromatic rings. The molecule has 0 atom stereocenters. The predicted molar refractivity (Wildman–Crippen MR) is 105 cm³/mol. The van der Waals surface area contributed by atoms with Gasteiger partial charge < -0.3 is 10.2 Å². The maximum absolute atomic E-state index is 10.4. The lowest BCUT2D eigenvalue weighted by molar-refractivity contribution is 0.389. The Balaban J connectivity index is 2.03. The van der Waals surface area contributed by atoms with Crippen molar-refractivity contribution in [2.24, 2.45) is 0 Å². The van der Waals surface area contributed by atoms with E-state index in [9.17, 15) is 10.2 Å². The Bertz CT molecular complexity index is 1100. The van der Waals surface area contributed by atoms with Crippen LogP contribution in [-0.2, 0) is 0 Å². The monoisotopic (exact) mass is 386 g/mol. The number of halogens is 2. The average molecular weight is 387 g/mol. The van der Waals surface area contributed by atoms with Gasteiger partial charge in [0, 0.05) is 23.2 Å². The number of imidazole rings is 1. The van der Waals surface area contributed by atoms with Gasteiger partial charge in [-0.15, -0.1) is 0 Å². The second kappa shape index (κ2) is 6.38. The lowest BCUT2D eigenvalue weighted by Crippen LogP contribution is -1.98. The SMILES string of the molecule is CC1=CC(c2nc(-c3cc(Cl)cc(Cl)c3O)n3ccccc23)=C(O)CC1. The third-order valence-electron chi connectivity index (χ3n) is 4.53. The highest BCUT2D eigenvalue weighted by Crippen LogP contribution is 2.40. The van der Waals surface area contributed by atoms with Crippen LogP contribution < -0.4 is 0 Å². The van der Waals surface area contributed by atoms with Crippen LogP contribution in [0, 0.1) is 0 Å². The van der Waals surface area contributed by atoms with Crippen molar-refractivity contribution in [3.05, 3.63) is 69.7 Å². The quantitative estimate of drug-likeness (QED) is 0.565. The van der Waals surface area contributed by atoms with Crippen molar-refractivity contribution in [1.82, 2.24) is 9.38 Å². The number of phenols is 1. The molecular formula is C20H16Cl2N2O2. The molecule has 6 heteroatoms. The molecule has 1 aromatic carbocycles. The van der Waals surface area contributed by atoms with E-state index in [1.165, 1.54) is 11.6 Å². The Labute approximate surface area is 160 Å². The van der Waals surface area contributed by atoms with Gasteiger partial charge in [0.2, 0.25) is 0 Å². The third kappa shape index (κ3) is 2.75. The zero-order valence-electron chi connectivity index (χ0n) is 14.0. The molecule has 2 heterocycles. The summed E-state index contributed by atoms with van der Waals surface area (Å²) >= 11 is 12.2. The Morgan fingerprint density at radius 3 is 2.73 bits per heavy atom. The van der Waals surface area contributed by atoms with Crippen LogP contribution in [0.4, 0.5) is 0 Å². The molecule has 0 aliphatic heterocycles. The maximum atomic E-state index is 10.4. The molecule has 2 aromatic heterocycles. The smallest absolute Gasteiger partial charge is 0.149 e. The molecule has 0 bridgehead atoms. The normalized spacial score (nSPS) is 14.8. The fraction of sp³-hybridized carbons (Fsp3) is 0.150. The Morgan fingerprint density at radius 1 is 1.12 bits per heavy atom. The van der Waals surface area contributed by atoms with Crippen LogP contribution in [0.25, 0.3) is 22.5 Å². The van der Waals surface area contributed by atoms with Crippen LogP contribution in [0.3, 0.4) is 0 Å². The number of phenolic OH excluding ortho intramolecular Hbond substituents is 1. The van der Waals surface area contributed by atoms with Gasteiger partial charge in [0.15, 0.2) is 0 Å². The number of pyridine rings is 1. The molecule has 132 valence electrons. The van der Waals surface area contributed by atoms with Gasteiger partial charge in [-0.25, -0.2) is 4.98 Å². The molecular weight excluding hydrogens is 371 g/mol. The highest BCUT2D eigenvalue weighted by Gasteiger charge is 2.22. The van der Waals surface area contributed by atoms with Gasteiger partial charge in [-0.1, -0.05) is 40.9 Å². The van der Waals surface area contributed by atoms with Gasteiger partial charge in [0.05, 0.1) is 16.1 Å². The molecule has 1 aliphatic rings. The van der Waals surface area contributed by atoms with E-state index in [1.54, 1.807) is 6.07 Å². The molecule has 0 saturated carbocycles. The average Bonchev–Trinajstić information content (AvgIpc) is 2.99.